The lowest BCUT2D eigenvalue weighted by Gasteiger charge is -2.31. The minimum Gasteiger partial charge on any atom is -0.481 e. The molecule has 5 nitrogen and oxygen atoms in total. The van der Waals surface area contributed by atoms with Gasteiger partial charge >= 0.3 is 5.97 Å². The zero-order valence-corrected chi connectivity index (χ0v) is 11.8. The number of hydrogen-bond donors (Lipinski definition) is 2. The second-order valence-corrected chi connectivity index (χ2v) is 5.67. The van der Waals surface area contributed by atoms with Gasteiger partial charge in [0.1, 0.15) is 0 Å². The first-order valence-corrected chi connectivity index (χ1v) is 7.11. The van der Waals surface area contributed by atoms with Gasteiger partial charge in [-0.05, 0) is 19.8 Å². The molecule has 2 N–H and O–H groups in total. The van der Waals surface area contributed by atoms with E-state index in [2.05, 4.69) is 0 Å². The van der Waals surface area contributed by atoms with Crippen molar-refractivity contribution in [1.82, 2.24) is 4.90 Å². The van der Waals surface area contributed by atoms with E-state index in [0.29, 0.717) is 0 Å². The van der Waals surface area contributed by atoms with E-state index < -0.39 is 18.0 Å². The van der Waals surface area contributed by atoms with Crippen molar-refractivity contribution in [3.05, 3.63) is 0 Å². The van der Waals surface area contributed by atoms with Crippen LogP contribution >= 0.6 is 0 Å². The van der Waals surface area contributed by atoms with Crippen LogP contribution in [0.3, 0.4) is 0 Å². The number of rotatable bonds is 6. The molecule has 0 radical (unpaired) electrons. The van der Waals surface area contributed by atoms with Gasteiger partial charge in [-0.3, -0.25) is 9.59 Å². The Morgan fingerprint density at radius 3 is 2.21 bits per heavy atom. The Hall–Kier alpha value is -1.10. The Labute approximate surface area is 114 Å². The monoisotopic (exact) mass is 271 g/mol. The number of aliphatic carboxylic acids is 1. The number of carbonyl (C=O) groups is 2. The molecule has 2 unspecified atom stereocenters. The summed E-state index contributed by atoms with van der Waals surface area (Å²) in [5.41, 5.74) is 0. The molecule has 19 heavy (non-hydrogen) atoms. The molecule has 1 fully saturated rings. The summed E-state index contributed by atoms with van der Waals surface area (Å²) < 4.78 is 0. The van der Waals surface area contributed by atoms with Crippen LogP contribution in [0.4, 0.5) is 0 Å². The molecule has 1 amide bonds. The van der Waals surface area contributed by atoms with E-state index >= 15 is 0 Å². The second-order valence-electron chi connectivity index (χ2n) is 5.67. The maximum absolute atomic E-state index is 12.4. The van der Waals surface area contributed by atoms with Gasteiger partial charge in [-0.15, -0.1) is 0 Å². The SMILES string of the molecule is CC(O)CN(CC(C)C(=O)O)C(=O)C1CCCCC1. The van der Waals surface area contributed by atoms with E-state index in [1.165, 1.54) is 11.3 Å². The van der Waals surface area contributed by atoms with Crippen LogP contribution in [0, 0.1) is 11.8 Å². The predicted molar refractivity (Wildman–Crippen MR) is 71.6 cm³/mol. The number of carboxylic acid groups (broad SMARTS) is 1. The Kier molecular flexibility index (Phi) is 6.28. The summed E-state index contributed by atoms with van der Waals surface area (Å²) in [6.45, 7) is 3.60. The van der Waals surface area contributed by atoms with Gasteiger partial charge in [-0.25, -0.2) is 0 Å². The number of aliphatic hydroxyl groups is 1. The lowest BCUT2D eigenvalue weighted by Crippen LogP contribution is -2.44. The number of nitrogens with zero attached hydrogens (tertiary/aromatic N) is 1. The van der Waals surface area contributed by atoms with Crippen molar-refractivity contribution < 1.29 is 19.8 Å². The maximum Gasteiger partial charge on any atom is 0.308 e. The van der Waals surface area contributed by atoms with Gasteiger partial charge in [-0.2, -0.15) is 0 Å². The molecule has 0 aliphatic heterocycles. The molecular weight excluding hydrogens is 246 g/mol. The van der Waals surface area contributed by atoms with Gasteiger partial charge in [-0.1, -0.05) is 26.2 Å². The summed E-state index contributed by atoms with van der Waals surface area (Å²) >= 11 is 0. The van der Waals surface area contributed by atoms with Gasteiger partial charge in [0.05, 0.1) is 12.0 Å². The normalized spacial score (nSPS) is 19.7. The van der Waals surface area contributed by atoms with Gasteiger partial charge in [0.15, 0.2) is 0 Å². The van der Waals surface area contributed by atoms with Crippen LogP contribution in [0.2, 0.25) is 0 Å². The Morgan fingerprint density at radius 2 is 1.74 bits per heavy atom. The maximum atomic E-state index is 12.4. The smallest absolute Gasteiger partial charge is 0.308 e. The first-order chi connectivity index (χ1) is 8.91. The number of carbonyl (C=O) groups excluding carboxylic acids is 1. The lowest BCUT2D eigenvalue weighted by molar-refractivity contribution is -0.145. The largest absolute Gasteiger partial charge is 0.481 e. The van der Waals surface area contributed by atoms with Crippen molar-refractivity contribution >= 4 is 11.9 Å². The molecule has 0 spiro atoms. The number of amides is 1. The van der Waals surface area contributed by atoms with E-state index in [9.17, 15) is 14.7 Å². The van der Waals surface area contributed by atoms with E-state index in [1.54, 1.807) is 13.8 Å². The van der Waals surface area contributed by atoms with Gasteiger partial charge in [0.25, 0.3) is 0 Å². The average molecular weight is 271 g/mol. The van der Waals surface area contributed by atoms with E-state index in [-0.39, 0.29) is 24.9 Å². The van der Waals surface area contributed by atoms with Crippen molar-refractivity contribution in [3.8, 4) is 0 Å². The molecule has 1 rings (SSSR count). The Bertz CT molecular complexity index is 311. The van der Waals surface area contributed by atoms with Crippen LogP contribution in [-0.2, 0) is 9.59 Å². The van der Waals surface area contributed by atoms with Crippen molar-refractivity contribution in [2.24, 2.45) is 11.8 Å². The first-order valence-electron chi connectivity index (χ1n) is 7.11. The lowest BCUT2D eigenvalue weighted by atomic mass is 9.88. The molecule has 2 atom stereocenters. The zero-order valence-electron chi connectivity index (χ0n) is 11.8. The molecule has 110 valence electrons. The molecule has 0 aromatic carbocycles. The van der Waals surface area contributed by atoms with E-state index in [1.807, 2.05) is 0 Å². The highest BCUT2D eigenvalue weighted by atomic mass is 16.4. The molecular formula is C14H25NO4. The highest BCUT2D eigenvalue weighted by Crippen LogP contribution is 2.25. The quantitative estimate of drug-likeness (QED) is 0.767. The molecule has 0 aromatic heterocycles. The Morgan fingerprint density at radius 1 is 1.16 bits per heavy atom. The number of aliphatic hydroxyl groups excluding tert-OH is 1. The van der Waals surface area contributed by atoms with Crippen LogP contribution in [0.5, 0.6) is 0 Å². The third kappa shape index (κ3) is 5.19. The van der Waals surface area contributed by atoms with Crippen LogP contribution in [0.1, 0.15) is 46.0 Å². The minimum absolute atomic E-state index is 0.00787. The van der Waals surface area contributed by atoms with E-state index in [0.717, 1.165) is 25.7 Å². The molecule has 0 heterocycles. The fourth-order valence-corrected chi connectivity index (χ4v) is 2.59. The fourth-order valence-electron chi connectivity index (χ4n) is 2.59. The molecule has 1 aliphatic rings. The standard InChI is InChI=1S/C14H25NO4/c1-10(14(18)19)8-15(9-11(2)16)13(17)12-6-4-3-5-7-12/h10-12,16H,3-9H2,1-2H3,(H,18,19). The van der Waals surface area contributed by atoms with Crippen molar-refractivity contribution in [3.63, 3.8) is 0 Å². The Balaban J connectivity index is 2.65. The fraction of sp³-hybridized carbons (Fsp3) is 0.857. The van der Waals surface area contributed by atoms with Gasteiger partial charge in [0.2, 0.25) is 5.91 Å². The third-order valence-electron chi connectivity index (χ3n) is 3.67. The highest BCUT2D eigenvalue weighted by Gasteiger charge is 2.28. The average Bonchev–Trinajstić information content (AvgIpc) is 2.37. The predicted octanol–water partition coefficient (Wildman–Crippen LogP) is 1.50. The molecule has 1 aliphatic carbocycles. The number of carboxylic acids is 1. The van der Waals surface area contributed by atoms with Crippen LogP contribution in [-0.4, -0.2) is 46.2 Å². The van der Waals surface area contributed by atoms with Crippen molar-refractivity contribution in [2.45, 2.75) is 52.1 Å². The van der Waals surface area contributed by atoms with E-state index in [4.69, 9.17) is 5.11 Å². The van der Waals surface area contributed by atoms with Crippen molar-refractivity contribution in [1.29, 1.82) is 0 Å². The molecule has 5 heteroatoms. The summed E-state index contributed by atoms with van der Waals surface area (Å²) in [4.78, 5) is 24.9. The highest BCUT2D eigenvalue weighted by molar-refractivity contribution is 5.80. The van der Waals surface area contributed by atoms with Gasteiger partial charge in [0, 0.05) is 19.0 Å². The second kappa shape index (κ2) is 7.48. The first kappa shape index (κ1) is 16.0. The third-order valence-corrected chi connectivity index (χ3v) is 3.67. The molecule has 1 saturated carbocycles. The summed E-state index contributed by atoms with van der Waals surface area (Å²) in [6.07, 6.45) is 4.44. The zero-order chi connectivity index (χ0) is 14.4. The minimum atomic E-state index is -0.910. The molecule has 0 aromatic rings. The van der Waals surface area contributed by atoms with Crippen molar-refractivity contribution in [2.75, 3.05) is 13.1 Å². The van der Waals surface area contributed by atoms with Gasteiger partial charge < -0.3 is 15.1 Å². The van der Waals surface area contributed by atoms with Crippen LogP contribution in [0.15, 0.2) is 0 Å². The summed E-state index contributed by atoms with van der Waals surface area (Å²) in [5.74, 6) is -1.50. The topological polar surface area (TPSA) is 77.8 Å². The number of hydrogen-bond acceptors (Lipinski definition) is 3. The molecule has 0 saturated heterocycles. The summed E-state index contributed by atoms with van der Waals surface area (Å²) in [6, 6.07) is 0. The van der Waals surface area contributed by atoms with Crippen LogP contribution < -0.4 is 0 Å². The molecule has 0 bridgehead atoms. The van der Waals surface area contributed by atoms with Crippen LogP contribution in [0.25, 0.3) is 0 Å². The summed E-state index contributed by atoms with van der Waals surface area (Å²) in [7, 11) is 0. The summed E-state index contributed by atoms with van der Waals surface area (Å²) in [5, 5.41) is 18.4.